The van der Waals surface area contributed by atoms with E-state index in [9.17, 15) is 0 Å². The van der Waals surface area contributed by atoms with E-state index in [4.69, 9.17) is 4.74 Å². The van der Waals surface area contributed by atoms with Crippen LogP contribution in [0.3, 0.4) is 0 Å². The van der Waals surface area contributed by atoms with Crippen molar-refractivity contribution < 1.29 is 4.74 Å². The molecule has 0 spiro atoms. The molecular weight excluding hydrogens is 304 g/mol. The van der Waals surface area contributed by atoms with Gasteiger partial charge < -0.3 is 4.74 Å². The van der Waals surface area contributed by atoms with E-state index < -0.39 is 0 Å². The van der Waals surface area contributed by atoms with Crippen molar-refractivity contribution in [2.75, 3.05) is 11.9 Å². The third-order valence-electron chi connectivity index (χ3n) is 2.30. The number of rotatable bonds is 9. The fourth-order valence-electron chi connectivity index (χ4n) is 1.42. The zero-order valence-corrected chi connectivity index (χ0v) is 12.7. The van der Waals surface area contributed by atoms with E-state index >= 15 is 0 Å². The fourth-order valence-corrected chi connectivity index (χ4v) is 3.17. The van der Waals surface area contributed by atoms with Crippen LogP contribution in [0.15, 0.2) is 22.7 Å². The van der Waals surface area contributed by atoms with Crippen molar-refractivity contribution in [1.29, 1.82) is 0 Å². The van der Waals surface area contributed by atoms with Gasteiger partial charge in [0, 0.05) is 10.7 Å². The maximum Gasteiger partial charge on any atom is 0.126 e. The van der Waals surface area contributed by atoms with E-state index in [1.807, 2.05) is 6.08 Å². The highest BCUT2D eigenvalue weighted by Gasteiger charge is 1.98. The van der Waals surface area contributed by atoms with Crippen LogP contribution in [0.1, 0.15) is 38.5 Å². The van der Waals surface area contributed by atoms with Gasteiger partial charge in [0.2, 0.25) is 0 Å². The van der Waals surface area contributed by atoms with Gasteiger partial charge in [-0.25, -0.2) is 0 Å². The molecule has 1 nitrogen and oxygen atoms in total. The Morgan fingerprint density at radius 1 is 1.00 bits per heavy atom. The summed E-state index contributed by atoms with van der Waals surface area (Å²) in [6, 6.07) is 0. The van der Waals surface area contributed by atoms with Crippen molar-refractivity contribution in [2.24, 2.45) is 0 Å². The summed E-state index contributed by atoms with van der Waals surface area (Å²) in [5.74, 6) is 1.02. The monoisotopic (exact) mass is 322 g/mol. The lowest BCUT2D eigenvalue weighted by molar-refractivity contribution is 0.217. The summed E-state index contributed by atoms with van der Waals surface area (Å²) in [7, 11) is 3.45. The second-order valence-corrected chi connectivity index (χ2v) is 6.51. The normalized spacial score (nSPS) is 14.9. The minimum absolute atomic E-state index is 0.861. The number of alkyl halides is 1. The van der Waals surface area contributed by atoms with Gasteiger partial charge >= 0.3 is 0 Å². The van der Waals surface area contributed by atoms with Gasteiger partial charge in [0.1, 0.15) is 5.76 Å². The van der Waals surface area contributed by atoms with E-state index in [1.54, 1.807) is 21.6 Å². The van der Waals surface area contributed by atoms with Crippen LogP contribution >= 0.6 is 37.5 Å². The smallest absolute Gasteiger partial charge is 0.126 e. The fraction of sp³-hybridized carbons (Fsp3) is 0.667. The number of hydrogen-bond donors (Lipinski definition) is 0. The van der Waals surface area contributed by atoms with Crippen molar-refractivity contribution in [3.05, 3.63) is 22.7 Å². The van der Waals surface area contributed by atoms with E-state index in [0.717, 1.165) is 17.7 Å². The molecule has 0 bridgehead atoms. The summed E-state index contributed by atoms with van der Waals surface area (Å²) in [5.41, 5.74) is 0. The molecule has 0 aromatic rings. The van der Waals surface area contributed by atoms with Gasteiger partial charge in [0.25, 0.3) is 0 Å². The molecule has 92 valence electrons. The van der Waals surface area contributed by atoms with E-state index in [-0.39, 0.29) is 0 Å². The Labute approximate surface area is 115 Å². The summed E-state index contributed by atoms with van der Waals surface area (Å²) in [6.07, 6.45) is 9.88. The third kappa shape index (κ3) is 7.69. The number of hydrogen-bond acceptors (Lipinski definition) is 3. The number of ether oxygens (including phenoxy) is 1. The molecule has 1 aliphatic rings. The topological polar surface area (TPSA) is 9.23 Å². The van der Waals surface area contributed by atoms with Crippen LogP contribution in [-0.4, -0.2) is 11.9 Å². The molecule has 1 rings (SSSR count). The van der Waals surface area contributed by atoms with Crippen LogP contribution in [0.25, 0.3) is 0 Å². The van der Waals surface area contributed by atoms with Gasteiger partial charge in [-0.1, -0.05) is 63.2 Å². The highest BCUT2D eigenvalue weighted by molar-refractivity contribution is 9.09. The zero-order valence-electron chi connectivity index (χ0n) is 9.49. The van der Waals surface area contributed by atoms with E-state index in [0.29, 0.717) is 0 Å². The first kappa shape index (κ1) is 14.5. The van der Waals surface area contributed by atoms with Crippen molar-refractivity contribution in [1.82, 2.24) is 0 Å². The van der Waals surface area contributed by atoms with Crippen LogP contribution in [-0.2, 0) is 4.74 Å². The third-order valence-corrected chi connectivity index (χ3v) is 4.51. The summed E-state index contributed by atoms with van der Waals surface area (Å²) in [6.45, 7) is 0.861. The first-order chi connectivity index (χ1) is 7.93. The van der Waals surface area contributed by atoms with Crippen molar-refractivity contribution in [3.8, 4) is 0 Å². The lowest BCUT2D eigenvalue weighted by Gasteiger charge is -2.08. The summed E-state index contributed by atoms with van der Waals surface area (Å²) in [4.78, 5) is 0. The maximum atomic E-state index is 5.64. The average molecular weight is 323 g/mol. The molecule has 0 saturated heterocycles. The Bertz CT molecular complexity index is 229. The summed E-state index contributed by atoms with van der Waals surface area (Å²) in [5, 5.41) is 5.28. The molecule has 0 fully saturated rings. The Balaban J connectivity index is 1.84. The van der Waals surface area contributed by atoms with Crippen molar-refractivity contribution >= 4 is 37.5 Å². The van der Waals surface area contributed by atoms with Crippen molar-refractivity contribution in [2.45, 2.75) is 38.5 Å². The number of allylic oxidation sites excluding steroid dienone is 1. The molecule has 1 aliphatic heterocycles. The zero-order chi connectivity index (χ0) is 11.5. The minimum Gasteiger partial charge on any atom is -0.493 e. The molecule has 0 atom stereocenters. The van der Waals surface area contributed by atoms with Gasteiger partial charge in [-0.3, -0.25) is 0 Å². The van der Waals surface area contributed by atoms with Crippen molar-refractivity contribution in [3.63, 3.8) is 0 Å². The molecule has 16 heavy (non-hydrogen) atoms. The molecule has 0 aromatic heterocycles. The first-order valence-electron chi connectivity index (χ1n) is 5.81. The molecule has 1 heterocycles. The highest BCUT2D eigenvalue weighted by atomic mass is 79.9. The highest BCUT2D eigenvalue weighted by Crippen LogP contribution is 2.30. The molecule has 0 amide bonds. The van der Waals surface area contributed by atoms with E-state index in [2.05, 4.69) is 26.7 Å². The summed E-state index contributed by atoms with van der Waals surface area (Å²) >= 11 is 3.45. The second-order valence-electron chi connectivity index (χ2n) is 3.67. The van der Waals surface area contributed by atoms with Crippen LogP contribution in [0, 0.1) is 0 Å². The van der Waals surface area contributed by atoms with E-state index in [1.165, 1.54) is 38.5 Å². The Kier molecular flexibility index (Phi) is 9.62. The molecule has 0 aliphatic carbocycles. The standard InChI is InChI=1S/C12H19BrOS2/c13-8-5-3-1-2-4-6-9-14-12-7-10-15-16-11-12/h7,10-11H,1-6,8-9H2. The predicted molar refractivity (Wildman–Crippen MR) is 79.9 cm³/mol. The van der Waals surface area contributed by atoms with Crippen LogP contribution in [0.4, 0.5) is 0 Å². The average Bonchev–Trinajstić information content (AvgIpc) is 2.34. The van der Waals surface area contributed by atoms with Gasteiger partial charge in [0.05, 0.1) is 6.61 Å². The Morgan fingerprint density at radius 2 is 1.75 bits per heavy atom. The van der Waals surface area contributed by atoms with Crippen LogP contribution < -0.4 is 0 Å². The quantitative estimate of drug-likeness (QED) is 0.315. The maximum absolute atomic E-state index is 5.64. The molecule has 0 saturated carbocycles. The minimum atomic E-state index is 0.861. The lowest BCUT2D eigenvalue weighted by atomic mass is 10.1. The first-order valence-corrected chi connectivity index (χ1v) is 9.21. The van der Waals surface area contributed by atoms with Gasteiger partial charge in [-0.2, -0.15) is 0 Å². The number of halogens is 1. The molecule has 0 N–H and O–H groups in total. The predicted octanol–water partition coefficient (Wildman–Crippen LogP) is 5.49. The second kappa shape index (κ2) is 10.6. The SMILES string of the molecule is BrCCCCCCCCOC1=CSSC=C1. The van der Waals surface area contributed by atoms with Crippen LogP contribution in [0.5, 0.6) is 0 Å². The van der Waals surface area contributed by atoms with Gasteiger partial charge in [0.15, 0.2) is 0 Å². The Morgan fingerprint density at radius 3 is 2.44 bits per heavy atom. The van der Waals surface area contributed by atoms with Crippen LogP contribution in [0.2, 0.25) is 0 Å². The lowest BCUT2D eigenvalue weighted by Crippen LogP contribution is -1.93. The summed E-state index contributed by atoms with van der Waals surface area (Å²) < 4.78 is 5.64. The molecule has 4 heteroatoms. The molecular formula is C12H19BrOS2. The molecule has 0 unspecified atom stereocenters. The van der Waals surface area contributed by atoms with Gasteiger partial charge in [-0.15, -0.1) is 0 Å². The molecule has 0 aromatic carbocycles. The largest absolute Gasteiger partial charge is 0.493 e. The Hall–Kier alpha value is 0.460. The molecule has 0 radical (unpaired) electrons. The van der Waals surface area contributed by atoms with Gasteiger partial charge in [-0.05, 0) is 24.3 Å². The number of unbranched alkanes of at least 4 members (excludes halogenated alkanes) is 5.